The van der Waals surface area contributed by atoms with Crippen molar-refractivity contribution in [1.82, 2.24) is 0 Å². The van der Waals surface area contributed by atoms with Gasteiger partial charge in [-0.3, -0.25) is 4.90 Å². The number of hydrogen-bond donors (Lipinski definition) is 3. The largest absolute Gasteiger partial charge is 0.506 e. The first-order valence-electron chi connectivity index (χ1n) is 10.7. The van der Waals surface area contributed by atoms with E-state index < -0.39 is 0 Å². The van der Waals surface area contributed by atoms with Gasteiger partial charge in [0.15, 0.2) is 17.2 Å². The minimum absolute atomic E-state index is 0.0388. The van der Waals surface area contributed by atoms with Crippen LogP contribution in [-0.4, -0.2) is 15.3 Å². The highest BCUT2D eigenvalue weighted by Gasteiger charge is 2.25. The van der Waals surface area contributed by atoms with E-state index in [0.29, 0.717) is 28.6 Å². The van der Waals surface area contributed by atoms with E-state index in [1.54, 1.807) is 41.3 Å². The van der Waals surface area contributed by atoms with Crippen molar-refractivity contribution in [3.8, 4) is 28.7 Å². The molecule has 168 valence electrons. The number of nitrogens with zero attached hydrogens (tertiary/aromatic N) is 1. The molecule has 3 N–H and O–H groups in total. The van der Waals surface area contributed by atoms with Crippen molar-refractivity contribution in [3.05, 3.63) is 95.1 Å². The van der Waals surface area contributed by atoms with E-state index >= 15 is 0 Å². The molecule has 5 heteroatoms. The van der Waals surface area contributed by atoms with Crippen LogP contribution >= 0.6 is 0 Å². The van der Waals surface area contributed by atoms with Crippen molar-refractivity contribution in [2.75, 3.05) is 4.90 Å². The Morgan fingerprint density at radius 2 is 1.15 bits per heavy atom. The number of phenols is 3. The molecule has 0 saturated heterocycles. The van der Waals surface area contributed by atoms with E-state index in [2.05, 4.69) is 0 Å². The molecule has 0 bridgehead atoms. The van der Waals surface area contributed by atoms with Gasteiger partial charge in [0.1, 0.15) is 11.5 Å². The quantitative estimate of drug-likeness (QED) is 0.303. The second-order valence-corrected chi connectivity index (χ2v) is 8.15. The Hall–Kier alpha value is -4.12. The van der Waals surface area contributed by atoms with Crippen LogP contribution in [0.5, 0.6) is 28.7 Å². The predicted molar refractivity (Wildman–Crippen MR) is 132 cm³/mol. The topological polar surface area (TPSA) is 73.2 Å². The molecular weight excluding hydrogens is 414 g/mol. The summed E-state index contributed by atoms with van der Waals surface area (Å²) in [4.78, 5) is 1.80. The summed E-state index contributed by atoms with van der Waals surface area (Å²) in [6, 6.07) is 21.4. The molecule has 0 aliphatic carbocycles. The lowest BCUT2D eigenvalue weighted by Gasteiger charge is -2.31. The summed E-state index contributed by atoms with van der Waals surface area (Å²) in [7, 11) is 0. The van der Waals surface area contributed by atoms with Crippen LogP contribution in [0.2, 0.25) is 0 Å². The highest BCUT2D eigenvalue weighted by Crippen LogP contribution is 2.50. The molecule has 0 radical (unpaired) electrons. The first-order chi connectivity index (χ1) is 15.8. The maximum absolute atomic E-state index is 10.9. The fourth-order valence-corrected chi connectivity index (χ4v) is 3.96. The first-order valence-corrected chi connectivity index (χ1v) is 10.7. The summed E-state index contributed by atoms with van der Waals surface area (Å²) < 4.78 is 6.28. The van der Waals surface area contributed by atoms with Gasteiger partial charge in [0, 0.05) is 0 Å². The van der Waals surface area contributed by atoms with Crippen LogP contribution in [0.25, 0.3) is 0 Å². The third-order valence-electron chi connectivity index (χ3n) is 5.85. The van der Waals surface area contributed by atoms with Crippen LogP contribution in [0.1, 0.15) is 22.3 Å². The monoisotopic (exact) mass is 441 g/mol. The lowest BCUT2D eigenvalue weighted by atomic mass is 10.1. The standard InChI is InChI=1S/C28H27NO4/c1-17-15-16-24(32)28(20(17)4)33-25-14-6-5-11-21(25)29(26-18(2)9-7-12-22(26)30)27-19(3)10-8-13-23(27)31/h5-16,30-32H,1-4H3. The molecule has 0 aromatic heterocycles. The Morgan fingerprint density at radius 1 is 0.576 bits per heavy atom. The summed E-state index contributed by atoms with van der Waals surface area (Å²) in [6.07, 6.45) is 0. The van der Waals surface area contributed by atoms with Crippen molar-refractivity contribution < 1.29 is 20.1 Å². The molecule has 5 nitrogen and oxygen atoms in total. The number of ether oxygens (including phenoxy) is 1. The Labute approximate surface area is 193 Å². The normalized spacial score (nSPS) is 10.8. The Balaban J connectivity index is 1.99. The average Bonchev–Trinajstić information content (AvgIpc) is 2.78. The van der Waals surface area contributed by atoms with Crippen LogP contribution in [0.15, 0.2) is 72.8 Å². The van der Waals surface area contributed by atoms with Crippen LogP contribution in [0.3, 0.4) is 0 Å². The van der Waals surface area contributed by atoms with Gasteiger partial charge in [-0.2, -0.15) is 0 Å². The molecule has 0 amide bonds. The first kappa shape index (κ1) is 22.1. The average molecular weight is 442 g/mol. The number of hydrogen-bond acceptors (Lipinski definition) is 5. The van der Waals surface area contributed by atoms with Gasteiger partial charge in [-0.25, -0.2) is 0 Å². The highest BCUT2D eigenvalue weighted by molar-refractivity contribution is 5.88. The Kier molecular flexibility index (Phi) is 5.88. The predicted octanol–water partition coefficient (Wildman–Crippen LogP) is 7.30. The van der Waals surface area contributed by atoms with Gasteiger partial charge in [0.05, 0.1) is 17.1 Å². The van der Waals surface area contributed by atoms with Crippen LogP contribution in [-0.2, 0) is 0 Å². The van der Waals surface area contributed by atoms with Crippen LogP contribution in [0.4, 0.5) is 17.1 Å². The Bertz CT molecular complexity index is 1240. The number of anilines is 3. The minimum atomic E-state index is 0.0388. The zero-order chi connectivity index (χ0) is 23.7. The van der Waals surface area contributed by atoms with Gasteiger partial charge in [-0.1, -0.05) is 42.5 Å². The molecule has 4 aromatic rings. The lowest BCUT2D eigenvalue weighted by molar-refractivity contribution is 0.409. The molecule has 33 heavy (non-hydrogen) atoms. The van der Waals surface area contributed by atoms with Crippen molar-refractivity contribution in [2.45, 2.75) is 27.7 Å². The molecular formula is C28H27NO4. The molecule has 4 aromatic carbocycles. The molecule has 4 rings (SSSR count). The zero-order valence-electron chi connectivity index (χ0n) is 19.1. The molecule has 0 aliphatic rings. The van der Waals surface area contributed by atoms with Crippen molar-refractivity contribution in [2.24, 2.45) is 0 Å². The minimum Gasteiger partial charge on any atom is -0.506 e. The second kappa shape index (κ2) is 8.79. The van der Waals surface area contributed by atoms with Crippen LogP contribution in [0, 0.1) is 27.7 Å². The maximum atomic E-state index is 10.9. The fraction of sp³-hybridized carbons (Fsp3) is 0.143. The van der Waals surface area contributed by atoms with E-state index in [1.165, 1.54) is 0 Å². The number of aromatic hydroxyl groups is 3. The number of benzene rings is 4. The summed E-state index contributed by atoms with van der Waals surface area (Å²) in [6.45, 7) is 7.65. The van der Waals surface area contributed by atoms with Gasteiger partial charge in [0.2, 0.25) is 0 Å². The number of phenolic OH excluding ortho intramolecular Hbond substituents is 3. The van der Waals surface area contributed by atoms with E-state index in [1.807, 2.05) is 64.1 Å². The third kappa shape index (κ3) is 4.05. The number of rotatable bonds is 5. The van der Waals surface area contributed by atoms with Gasteiger partial charge in [-0.15, -0.1) is 0 Å². The molecule has 0 aliphatic heterocycles. The fourth-order valence-electron chi connectivity index (χ4n) is 3.96. The van der Waals surface area contributed by atoms with E-state index in [-0.39, 0.29) is 17.2 Å². The molecule has 0 saturated carbocycles. The molecule has 0 atom stereocenters. The summed E-state index contributed by atoms with van der Waals surface area (Å²) in [5, 5.41) is 32.2. The SMILES string of the molecule is Cc1ccc(O)c(Oc2ccccc2N(c2c(C)cccc2O)c2c(C)cccc2O)c1C. The lowest BCUT2D eigenvalue weighted by Crippen LogP contribution is -2.14. The van der Waals surface area contributed by atoms with E-state index in [4.69, 9.17) is 4.74 Å². The maximum Gasteiger partial charge on any atom is 0.172 e. The number of aryl methyl sites for hydroxylation is 3. The zero-order valence-corrected chi connectivity index (χ0v) is 19.1. The van der Waals surface area contributed by atoms with E-state index in [9.17, 15) is 15.3 Å². The number of para-hydroxylation sites is 4. The smallest absolute Gasteiger partial charge is 0.172 e. The summed E-state index contributed by atoms with van der Waals surface area (Å²) in [5.41, 5.74) is 5.13. The van der Waals surface area contributed by atoms with Gasteiger partial charge in [0.25, 0.3) is 0 Å². The van der Waals surface area contributed by atoms with Crippen molar-refractivity contribution >= 4 is 17.1 Å². The Morgan fingerprint density at radius 3 is 1.73 bits per heavy atom. The second-order valence-electron chi connectivity index (χ2n) is 8.15. The molecule has 0 fully saturated rings. The molecule has 0 spiro atoms. The van der Waals surface area contributed by atoms with Gasteiger partial charge < -0.3 is 20.1 Å². The third-order valence-corrected chi connectivity index (χ3v) is 5.85. The molecule has 0 heterocycles. The van der Waals surface area contributed by atoms with Gasteiger partial charge >= 0.3 is 0 Å². The highest BCUT2D eigenvalue weighted by atomic mass is 16.5. The van der Waals surface area contributed by atoms with Crippen LogP contribution < -0.4 is 9.64 Å². The van der Waals surface area contributed by atoms with Crippen molar-refractivity contribution in [1.29, 1.82) is 0 Å². The molecule has 0 unspecified atom stereocenters. The summed E-state index contributed by atoms with van der Waals surface area (Å²) in [5.74, 6) is 1.01. The summed E-state index contributed by atoms with van der Waals surface area (Å²) >= 11 is 0. The van der Waals surface area contributed by atoms with Gasteiger partial charge in [-0.05, 0) is 80.3 Å². The van der Waals surface area contributed by atoms with Crippen molar-refractivity contribution in [3.63, 3.8) is 0 Å². The van der Waals surface area contributed by atoms with E-state index in [0.717, 1.165) is 22.3 Å².